The standard InChI is InChI=1S/C16H23FN4O3S/c1-10(2)21(5)25(22,23)12-6-7-14(17)13(9-12)16-19-15(20-24-16)8-11(3)18-4/h6-7,9-11,18H,8H2,1-5H3. The van der Waals surface area contributed by atoms with Crippen molar-refractivity contribution in [2.24, 2.45) is 0 Å². The highest BCUT2D eigenvalue weighted by atomic mass is 32.2. The van der Waals surface area contributed by atoms with Gasteiger partial charge in [0.05, 0.1) is 10.5 Å². The lowest BCUT2D eigenvalue weighted by atomic mass is 10.2. The Morgan fingerprint density at radius 3 is 2.60 bits per heavy atom. The van der Waals surface area contributed by atoms with Gasteiger partial charge in [-0.25, -0.2) is 12.8 Å². The maximum absolute atomic E-state index is 14.2. The number of hydrogen-bond donors (Lipinski definition) is 1. The molecule has 25 heavy (non-hydrogen) atoms. The molecule has 1 N–H and O–H groups in total. The second kappa shape index (κ2) is 7.59. The van der Waals surface area contributed by atoms with Gasteiger partial charge in [-0.05, 0) is 46.0 Å². The van der Waals surface area contributed by atoms with Gasteiger partial charge in [0.25, 0.3) is 5.89 Å². The average molecular weight is 370 g/mol. The number of nitrogens with one attached hydrogen (secondary N) is 1. The van der Waals surface area contributed by atoms with Gasteiger partial charge in [0, 0.05) is 25.6 Å². The zero-order valence-corrected chi connectivity index (χ0v) is 15.8. The molecule has 9 heteroatoms. The number of nitrogens with zero attached hydrogens (tertiary/aromatic N) is 3. The van der Waals surface area contributed by atoms with Crippen LogP contribution in [-0.2, 0) is 16.4 Å². The Balaban J connectivity index is 2.40. The van der Waals surface area contributed by atoms with E-state index in [2.05, 4.69) is 15.5 Å². The topological polar surface area (TPSA) is 88.3 Å². The summed E-state index contributed by atoms with van der Waals surface area (Å²) in [5.74, 6) is -0.244. The fourth-order valence-corrected chi connectivity index (χ4v) is 3.49. The van der Waals surface area contributed by atoms with Gasteiger partial charge in [0.2, 0.25) is 10.0 Å². The molecule has 2 aromatic rings. The molecule has 0 saturated carbocycles. The van der Waals surface area contributed by atoms with Gasteiger partial charge in [-0.3, -0.25) is 0 Å². The van der Waals surface area contributed by atoms with Crippen molar-refractivity contribution < 1.29 is 17.3 Å². The Bertz CT molecular complexity index is 836. The first-order chi connectivity index (χ1) is 11.7. The van der Waals surface area contributed by atoms with Gasteiger partial charge in [0.15, 0.2) is 5.82 Å². The first-order valence-corrected chi connectivity index (χ1v) is 9.38. The summed E-state index contributed by atoms with van der Waals surface area (Å²) in [7, 11) is -0.445. The van der Waals surface area contributed by atoms with E-state index in [1.54, 1.807) is 13.8 Å². The molecular formula is C16H23FN4O3S. The van der Waals surface area contributed by atoms with E-state index in [0.717, 1.165) is 6.07 Å². The zero-order chi connectivity index (χ0) is 18.8. The maximum atomic E-state index is 14.2. The Hall–Kier alpha value is -1.84. The van der Waals surface area contributed by atoms with Crippen LogP contribution >= 0.6 is 0 Å². The van der Waals surface area contributed by atoms with Crippen molar-refractivity contribution in [1.82, 2.24) is 19.8 Å². The third kappa shape index (κ3) is 4.23. The third-order valence-corrected chi connectivity index (χ3v) is 6.05. The van der Waals surface area contributed by atoms with Crippen molar-refractivity contribution in [1.29, 1.82) is 0 Å². The molecular weight excluding hydrogens is 347 g/mol. The molecule has 0 fully saturated rings. The minimum atomic E-state index is -3.73. The largest absolute Gasteiger partial charge is 0.334 e. The molecule has 0 saturated heterocycles. The van der Waals surface area contributed by atoms with E-state index in [-0.39, 0.29) is 28.4 Å². The minimum Gasteiger partial charge on any atom is -0.334 e. The zero-order valence-electron chi connectivity index (χ0n) is 14.9. The Kier molecular flexibility index (Phi) is 5.91. The van der Waals surface area contributed by atoms with E-state index in [1.807, 2.05) is 14.0 Å². The average Bonchev–Trinajstić information content (AvgIpc) is 3.02. The SMILES string of the molecule is CNC(C)Cc1noc(-c2cc(S(=O)(=O)N(C)C(C)C)ccc2F)n1. The van der Waals surface area contributed by atoms with Crippen LogP contribution in [0.5, 0.6) is 0 Å². The quantitative estimate of drug-likeness (QED) is 0.803. The highest BCUT2D eigenvalue weighted by Gasteiger charge is 2.25. The summed E-state index contributed by atoms with van der Waals surface area (Å²) in [6.45, 7) is 5.47. The monoisotopic (exact) mass is 370 g/mol. The summed E-state index contributed by atoms with van der Waals surface area (Å²) >= 11 is 0. The second-order valence-electron chi connectivity index (χ2n) is 6.17. The summed E-state index contributed by atoms with van der Waals surface area (Å²) in [6, 6.07) is 3.45. The number of likely N-dealkylation sites (N-methyl/N-ethyl adjacent to an activating group) is 1. The Morgan fingerprint density at radius 2 is 2.00 bits per heavy atom. The number of benzene rings is 1. The van der Waals surface area contributed by atoms with E-state index in [9.17, 15) is 12.8 Å². The van der Waals surface area contributed by atoms with Crippen LogP contribution in [0.1, 0.15) is 26.6 Å². The van der Waals surface area contributed by atoms with Crippen LogP contribution < -0.4 is 5.32 Å². The predicted molar refractivity (Wildman–Crippen MR) is 92.0 cm³/mol. The number of aromatic nitrogens is 2. The first-order valence-electron chi connectivity index (χ1n) is 7.94. The fraction of sp³-hybridized carbons (Fsp3) is 0.500. The number of sulfonamides is 1. The van der Waals surface area contributed by atoms with Gasteiger partial charge < -0.3 is 9.84 Å². The molecule has 1 atom stereocenters. The molecule has 1 aromatic carbocycles. The summed E-state index contributed by atoms with van der Waals surface area (Å²) in [5, 5.41) is 6.87. The minimum absolute atomic E-state index is 0.0246. The highest BCUT2D eigenvalue weighted by molar-refractivity contribution is 7.89. The molecule has 0 bridgehead atoms. The van der Waals surface area contributed by atoms with Crippen LogP contribution in [0.15, 0.2) is 27.6 Å². The number of hydrogen-bond acceptors (Lipinski definition) is 6. The van der Waals surface area contributed by atoms with Crippen LogP contribution in [-0.4, -0.2) is 49.0 Å². The number of halogens is 1. The number of rotatable bonds is 7. The second-order valence-corrected chi connectivity index (χ2v) is 8.16. The Morgan fingerprint density at radius 1 is 1.32 bits per heavy atom. The molecule has 0 aliphatic carbocycles. The molecule has 7 nitrogen and oxygen atoms in total. The van der Waals surface area contributed by atoms with Crippen molar-refractivity contribution >= 4 is 10.0 Å². The van der Waals surface area contributed by atoms with Crippen LogP contribution in [0.2, 0.25) is 0 Å². The molecule has 138 valence electrons. The summed E-state index contributed by atoms with van der Waals surface area (Å²) in [6.07, 6.45) is 0.510. The molecule has 0 spiro atoms. The van der Waals surface area contributed by atoms with Gasteiger partial charge in [-0.1, -0.05) is 5.16 Å². The van der Waals surface area contributed by atoms with Crippen LogP contribution in [0.4, 0.5) is 4.39 Å². The Labute approximate surface area is 147 Å². The molecule has 0 amide bonds. The van der Waals surface area contributed by atoms with Gasteiger partial charge >= 0.3 is 0 Å². The van der Waals surface area contributed by atoms with Gasteiger partial charge in [-0.15, -0.1) is 0 Å². The molecule has 1 heterocycles. The predicted octanol–water partition coefficient (Wildman–Crippen LogP) is 2.05. The van der Waals surface area contributed by atoms with Crippen LogP contribution in [0.25, 0.3) is 11.5 Å². The molecule has 0 aliphatic heterocycles. The van der Waals surface area contributed by atoms with Crippen molar-refractivity contribution in [3.05, 3.63) is 29.8 Å². The van der Waals surface area contributed by atoms with E-state index >= 15 is 0 Å². The molecule has 1 unspecified atom stereocenters. The normalized spacial score (nSPS) is 13.6. The smallest absolute Gasteiger partial charge is 0.260 e. The van der Waals surface area contributed by atoms with Crippen molar-refractivity contribution in [3.8, 4) is 11.5 Å². The van der Waals surface area contributed by atoms with Gasteiger partial charge in [0.1, 0.15) is 5.82 Å². The van der Waals surface area contributed by atoms with E-state index in [0.29, 0.717) is 12.2 Å². The first kappa shape index (κ1) is 19.5. The highest BCUT2D eigenvalue weighted by Crippen LogP contribution is 2.26. The molecule has 2 rings (SSSR count). The maximum Gasteiger partial charge on any atom is 0.260 e. The van der Waals surface area contributed by atoms with Crippen molar-refractivity contribution in [2.75, 3.05) is 14.1 Å². The molecule has 0 aliphatic rings. The van der Waals surface area contributed by atoms with E-state index in [4.69, 9.17) is 4.52 Å². The lowest BCUT2D eigenvalue weighted by Crippen LogP contribution is -2.33. The molecule has 1 aromatic heterocycles. The summed E-state index contributed by atoms with van der Waals surface area (Å²) in [5.41, 5.74) is -0.0332. The van der Waals surface area contributed by atoms with E-state index in [1.165, 1.54) is 23.5 Å². The van der Waals surface area contributed by atoms with Crippen molar-refractivity contribution in [3.63, 3.8) is 0 Å². The lowest BCUT2D eigenvalue weighted by molar-refractivity contribution is 0.410. The lowest BCUT2D eigenvalue weighted by Gasteiger charge is -2.21. The fourth-order valence-electron chi connectivity index (χ4n) is 2.09. The van der Waals surface area contributed by atoms with Crippen molar-refractivity contribution in [2.45, 2.75) is 44.2 Å². The van der Waals surface area contributed by atoms with Crippen LogP contribution in [0.3, 0.4) is 0 Å². The summed E-state index contributed by atoms with van der Waals surface area (Å²) in [4.78, 5) is 4.14. The van der Waals surface area contributed by atoms with E-state index < -0.39 is 15.8 Å². The third-order valence-electron chi connectivity index (χ3n) is 4.02. The van der Waals surface area contributed by atoms with Gasteiger partial charge in [-0.2, -0.15) is 9.29 Å². The molecule has 0 radical (unpaired) electrons. The summed E-state index contributed by atoms with van der Waals surface area (Å²) < 4.78 is 45.7. The van der Waals surface area contributed by atoms with Crippen LogP contribution in [0, 0.1) is 5.82 Å².